The first-order valence-electron chi connectivity index (χ1n) is 6.46. The largest absolute Gasteiger partial charge is 0.317 e. The fourth-order valence-electron chi connectivity index (χ4n) is 3.89. The fourth-order valence-corrected chi connectivity index (χ4v) is 3.89. The normalized spacial score (nSPS) is 28.5. The van der Waals surface area contributed by atoms with Gasteiger partial charge in [0.2, 0.25) is 0 Å². The van der Waals surface area contributed by atoms with Crippen LogP contribution < -0.4 is 5.32 Å². The summed E-state index contributed by atoms with van der Waals surface area (Å²) in [5, 5.41) is 3.49. The van der Waals surface area contributed by atoms with Gasteiger partial charge in [-0.1, -0.05) is 26.7 Å². The smallest absolute Gasteiger partial charge is 0.00461 e. The van der Waals surface area contributed by atoms with Crippen molar-refractivity contribution in [3.63, 3.8) is 0 Å². The number of piperidine rings is 1. The molecule has 2 aliphatic rings. The molecule has 1 nitrogen and oxygen atoms in total. The van der Waals surface area contributed by atoms with Crippen LogP contribution in [0.25, 0.3) is 0 Å². The third-order valence-electron chi connectivity index (χ3n) is 4.84. The molecule has 1 N–H and O–H groups in total. The lowest BCUT2D eigenvalue weighted by atomic mass is 9.63. The van der Waals surface area contributed by atoms with Crippen LogP contribution in [0.4, 0.5) is 0 Å². The lowest BCUT2D eigenvalue weighted by molar-refractivity contribution is 0.0721. The summed E-state index contributed by atoms with van der Waals surface area (Å²) in [6, 6.07) is 0. The highest BCUT2D eigenvalue weighted by Gasteiger charge is 2.43. The molecule has 1 heteroatoms. The molecule has 0 atom stereocenters. The van der Waals surface area contributed by atoms with E-state index in [0.29, 0.717) is 0 Å². The lowest BCUT2D eigenvalue weighted by Gasteiger charge is -2.43. The first-order valence-corrected chi connectivity index (χ1v) is 6.46. The second-order valence-corrected chi connectivity index (χ2v) is 5.62. The van der Waals surface area contributed by atoms with Crippen molar-refractivity contribution >= 4 is 0 Å². The van der Waals surface area contributed by atoms with Gasteiger partial charge in [-0.3, -0.25) is 0 Å². The van der Waals surface area contributed by atoms with Crippen molar-refractivity contribution in [1.29, 1.82) is 0 Å². The van der Waals surface area contributed by atoms with Gasteiger partial charge in [0.15, 0.2) is 0 Å². The highest BCUT2D eigenvalue weighted by atomic mass is 14.9. The van der Waals surface area contributed by atoms with Crippen molar-refractivity contribution in [2.45, 2.75) is 52.4 Å². The predicted molar refractivity (Wildman–Crippen MR) is 61.3 cm³/mol. The van der Waals surface area contributed by atoms with E-state index in [9.17, 15) is 0 Å². The van der Waals surface area contributed by atoms with E-state index in [-0.39, 0.29) is 0 Å². The van der Waals surface area contributed by atoms with E-state index in [1.165, 1.54) is 51.6 Å². The SMILES string of the molecule is CC(C)C1(C2CCNCC2)CCCC1. The van der Waals surface area contributed by atoms with Crippen molar-refractivity contribution in [2.24, 2.45) is 17.3 Å². The Kier molecular flexibility index (Phi) is 3.16. The maximum atomic E-state index is 3.49. The van der Waals surface area contributed by atoms with E-state index in [2.05, 4.69) is 19.2 Å². The van der Waals surface area contributed by atoms with Gasteiger partial charge in [0.25, 0.3) is 0 Å². The Morgan fingerprint density at radius 1 is 1.07 bits per heavy atom. The van der Waals surface area contributed by atoms with Gasteiger partial charge < -0.3 is 5.32 Å². The molecule has 0 bridgehead atoms. The van der Waals surface area contributed by atoms with Crippen LogP contribution in [0.5, 0.6) is 0 Å². The predicted octanol–water partition coefficient (Wildman–Crippen LogP) is 3.20. The average molecular weight is 195 g/mol. The molecule has 1 heterocycles. The number of nitrogens with one attached hydrogen (secondary N) is 1. The summed E-state index contributed by atoms with van der Waals surface area (Å²) >= 11 is 0. The Bertz CT molecular complexity index is 174. The van der Waals surface area contributed by atoms with Gasteiger partial charge in [-0.05, 0) is 56.0 Å². The zero-order valence-corrected chi connectivity index (χ0v) is 9.81. The zero-order valence-electron chi connectivity index (χ0n) is 9.81. The second kappa shape index (κ2) is 4.22. The highest BCUT2D eigenvalue weighted by molar-refractivity contribution is 4.94. The van der Waals surface area contributed by atoms with Crippen LogP contribution in [0.2, 0.25) is 0 Å². The van der Waals surface area contributed by atoms with Crippen LogP contribution in [0, 0.1) is 17.3 Å². The van der Waals surface area contributed by atoms with E-state index >= 15 is 0 Å². The van der Waals surface area contributed by atoms with E-state index in [1.54, 1.807) is 0 Å². The molecule has 82 valence electrons. The Morgan fingerprint density at radius 2 is 1.64 bits per heavy atom. The van der Waals surface area contributed by atoms with Crippen LogP contribution in [0.15, 0.2) is 0 Å². The average Bonchev–Trinajstić information content (AvgIpc) is 2.69. The Morgan fingerprint density at radius 3 is 2.14 bits per heavy atom. The van der Waals surface area contributed by atoms with Gasteiger partial charge in [0.05, 0.1) is 0 Å². The quantitative estimate of drug-likeness (QED) is 0.713. The van der Waals surface area contributed by atoms with Crippen molar-refractivity contribution in [1.82, 2.24) is 5.32 Å². The summed E-state index contributed by atoms with van der Waals surface area (Å²) in [6.07, 6.45) is 8.85. The summed E-state index contributed by atoms with van der Waals surface area (Å²) in [5.41, 5.74) is 0.724. The maximum Gasteiger partial charge on any atom is -0.00461 e. The third kappa shape index (κ3) is 1.71. The van der Waals surface area contributed by atoms with E-state index in [1.807, 2.05) is 0 Å². The monoisotopic (exact) mass is 195 g/mol. The molecule has 2 fully saturated rings. The summed E-state index contributed by atoms with van der Waals surface area (Å²) in [5.74, 6) is 1.92. The second-order valence-electron chi connectivity index (χ2n) is 5.62. The first kappa shape index (κ1) is 10.5. The third-order valence-corrected chi connectivity index (χ3v) is 4.84. The topological polar surface area (TPSA) is 12.0 Å². The molecule has 0 amide bonds. The molecule has 0 radical (unpaired) electrons. The van der Waals surface area contributed by atoms with E-state index in [4.69, 9.17) is 0 Å². The molecule has 0 unspecified atom stereocenters. The molecule has 0 spiro atoms. The molecular formula is C13H25N. The maximum absolute atomic E-state index is 3.49. The number of hydrogen-bond acceptors (Lipinski definition) is 1. The summed E-state index contributed by atoms with van der Waals surface area (Å²) in [4.78, 5) is 0. The van der Waals surface area contributed by atoms with Crippen LogP contribution in [-0.4, -0.2) is 13.1 Å². The van der Waals surface area contributed by atoms with Crippen molar-refractivity contribution < 1.29 is 0 Å². The van der Waals surface area contributed by atoms with Crippen molar-refractivity contribution in [3.8, 4) is 0 Å². The molecule has 1 aliphatic heterocycles. The zero-order chi connectivity index (χ0) is 10.0. The molecular weight excluding hydrogens is 170 g/mol. The van der Waals surface area contributed by atoms with Crippen LogP contribution >= 0.6 is 0 Å². The molecule has 1 saturated carbocycles. The highest BCUT2D eigenvalue weighted by Crippen LogP contribution is 2.52. The number of rotatable bonds is 2. The van der Waals surface area contributed by atoms with Gasteiger partial charge in [-0.25, -0.2) is 0 Å². The molecule has 2 rings (SSSR count). The van der Waals surface area contributed by atoms with Gasteiger partial charge in [-0.2, -0.15) is 0 Å². The molecule has 1 saturated heterocycles. The molecule has 0 aromatic heterocycles. The first-order chi connectivity index (χ1) is 6.76. The Hall–Kier alpha value is -0.0400. The number of hydrogen-bond donors (Lipinski definition) is 1. The van der Waals surface area contributed by atoms with E-state index < -0.39 is 0 Å². The van der Waals surface area contributed by atoms with Gasteiger partial charge in [-0.15, -0.1) is 0 Å². The molecule has 0 aromatic carbocycles. The minimum Gasteiger partial charge on any atom is -0.317 e. The summed E-state index contributed by atoms with van der Waals surface area (Å²) in [7, 11) is 0. The molecule has 0 aromatic rings. The minimum absolute atomic E-state index is 0.724. The van der Waals surface area contributed by atoms with Crippen LogP contribution in [-0.2, 0) is 0 Å². The minimum atomic E-state index is 0.724. The van der Waals surface area contributed by atoms with Crippen LogP contribution in [0.3, 0.4) is 0 Å². The molecule has 14 heavy (non-hydrogen) atoms. The van der Waals surface area contributed by atoms with Gasteiger partial charge in [0.1, 0.15) is 0 Å². The Balaban J connectivity index is 2.08. The van der Waals surface area contributed by atoms with Crippen molar-refractivity contribution in [3.05, 3.63) is 0 Å². The van der Waals surface area contributed by atoms with Gasteiger partial charge in [0, 0.05) is 0 Å². The summed E-state index contributed by atoms with van der Waals surface area (Å²) in [6.45, 7) is 7.43. The Labute approximate surface area is 88.7 Å². The van der Waals surface area contributed by atoms with Crippen molar-refractivity contribution in [2.75, 3.05) is 13.1 Å². The fraction of sp³-hybridized carbons (Fsp3) is 1.00. The lowest BCUT2D eigenvalue weighted by Crippen LogP contribution is -2.40. The molecule has 1 aliphatic carbocycles. The van der Waals surface area contributed by atoms with E-state index in [0.717, 1.165) is 17.3 Å². The summed E-state index contributed by atoms with van der Waals surface area (Å²) < 4.78 is 0. The standard InChI is InChI=1S/C13H25N/c1-11(2)13(7-3-4-8-13)12-5-9-14-10-6-12/h11-12,14H,3-10H2,1-2H3. The van der Waals surface area contributed by atoms with Gasteiger partial charge >= 0.3 is 0 Å². The van der Waals surface area contributed by atoms with Crippen LogP contribution in [0.1, 0.15) is 52.4 Å².